The van der Waals surface area contributed by atoms with Crippen molar-refractivity contribution in [1.82, 2.24) is 9.13 Å². The minimum absolute atomic E-state index is 0.0421. The first-order chi connectivity index (χ1) is 11.9. The summed E-state index contributed by atoms with van der Waals surface area (Å²) in [5, 5.41) is 3.18. The molecular weight excluding hydrogens is 314 g/mol. The van der Waals surface area contributed by atoms with Crippen LogP contribution in [0.25, 0.3) is 11.0 Å². The molecule has 1 amide bonds. The summed E-state index contributed by atoms with van der Waals surface area (Å²) in [6, 6.07) is 5.77. The Morgan fingerprint density at radius 2 is 1.56 bits per heavy atom. The molecule has 4 bridgehead atoms. The highest BCUT2D eigenvalue weighted by Crippen LogP contribution is 2.60. The number of carbonyl (C=O) groups is 1. The number of hydrogen-bond acceptors (Lipinski definition) is 2. The first-order valence-electron chi connectivity index (χ1n) is 9.42. The van der Waals surface area contributed by atoms with E-state index in [2.05, 4.69) is 5.32 Å². The number of hydrogen-bond donors (Lipinski definition) is 1. The number of imidazole rings is 1. The van der Waals surface area contributed by atoms with Gasteiger partial charge in [-0.1, -0.05) is 0 Å². The maximum atomic E-state index is 13.2. The summed E-state index contributed by atoms with van der Waals surface area (Å²) < 4.78 is 3.27. The molecule has 25 heavy (non-hydrogen) atoms. The van der Waals surface area contributed by atoms with Gasteiger partial charge in [0.25, 0.3) is 0 Å². The molecule has 1 aromatic heterocycles. The number of aryl methyl sites for hydroxylation is 2. The Labute approximate surface area is 147 Å². The molecule has 132 valence electrons. The van der Waals surface area contributed by atoms with Crippen LogP contribution in [0.15, 0.2) is 23.0 Å². The van der Waals surface area contributed by atoms with Crippen LogP contribution in [-0.4, -0.2) is 15.0 Å². The molecule has 0 unspecified atom stereocenters. The standard InChI is InChI=1S/C20H25N3O2/c1-22-16-4-3-15(8-17(16)23(2)19(22)25)21-18(24)20-9-12-5-13(10-20)7-14(6-12)11-20/h3-4,8,12-14H,5-7,9-11H2,1-2H3,(H,21,24). The third-order valence-corrected chi connectivity index (χ3v) is 7.05. The lowest BCUT2D eigenvalue weighted by Gasteiger charge is -2.55. The Morgan fingerprint density at radius 3 is 2.16 bits per heavy atom. The van der Waals surface area contributed by atoms with Crippen LogP contribution in [0.4, 0.5) is 5.69 Å². The molecule has 1 aromatic carbocycles. The van der Waals surface area contributed by atoms with Gasteiger partial charge in [-0.15, -0.1) is 0 Å². The molecule has 0 aliphatic heterocycles. The van der Waals surface area contributed by atoms with Crippen molar-refractivity contribution >= 4 is 22.6 Å². The second-order valence-corrected chi connectivity index (χ2v) is 8.76. The molecule has 0 radical (unpaired) electrons. The van der Waals surface area contributed by atoms with E-state index in [1.54, 1.807) is 23.2 Å². The fraction of sp³-hybridized carbons (Fsp3) is 0.600. The van der Waals surface area contributed by atoms with Gasteiger partial charge in [-0.05, 0) is 74.5 Å². The topological polar surface area (TPSA) is 56.0 Å². The molecule has 4 saturated carbocycles. The molecule has 4 aliphatic rings. The summed E-state index contributed by atoms with van der Waals surface area (Å²) in [4.78, 5) is 25.3. The molecule has 5 heteroatoms. The van der Waals surface area contributed by atoms with E-state index in [4.69, 9.17) is 0 Å². The van der Waals surface area contributed by atoms with Crippen LogP contribution in [0.1, 0.15) is 38.5 Å². The summed E-state index contributed by atoms with van der Waals surface area (Å²) in [7, 11) is 3.55. The van der Waals surface area contributed by atoms with Crippen LogP contribution in [-0.2, 0) is 18.9 Å². The predicted octanol–water partition coefficient (Wildman–Crippen LogP) is 3.03. The fourth-order valence-corrected chi connectivity index (χ4v) is 6.24. The van der Waals surface area contributed by atoms with Crippen LogP contribution >= 0.6 is 0 Å². The van der Waals surface area contributed by atoms with E-state index in [-0.39, 0.29) is 17.0 Å². The van der Waals surface area contributed by atoms with Crippen molar-refractivity contribution < 1.29 is 4.79 Å². The summed E-state index contributed by atoms with van der Waals surface area (Å²) in [6.45, 7) is 0. The summed E-state index contributed by atoms with van der Waals surface area (Å²) in [5.41, 5.74) is 2.36. The van der Waals surface area contributed by atoms with Crippen molar-refractivity contribution in [3.05, 3.63) is 28.7 Å². The van der Waals surface area contributed by atoms with Crippen LogP contribution in [0.2, 0.25) is 0 Å². The zero-order valence-electron chi connectivity index (χ0n) is 14.9. The van der Waals surface area contributed by atoms with Gasteiger partial charge in [0.15, 0.2) is 0 Å². The van der Waals surface area contributed by atoms with E-state index < -0.39 is 0 Å². The number of rotatable bonds is 2. The average molecular weight is 339 g/mol. The number of amides is 1. The molecular formula is C20H25N3O2. The molecule has 2 aromatic rings. The Kier molecular flexibility index (Phi) is 3.04. The number of nitrogens with one attached hydrogen (secondary N) is 1. The molecule has 1 heterocycles. The smallest absolute Gasteiger partial charge is 0.326 e. The quantitative estimate of drug-likeness (QED) is 0.914. The van der Waals surface area contributed by atoms with Crippen molar-refractivity contribution in [2.75, 3.05) is 5.32 Å². The van der Waals surface area contributed by atoms with Crippen molar-refractivity contribution in [3.8, 4) is 0 Å². The highest BCUT2D eigenvalue weighted by Gasteiger charge is 2.54. The van der Waals surface area contributed by atoms with Gasteiger partial charge in [0.2, 0.25) is 5.91 Å². The first kappa shape index (κ1) is 15.2. The maximum Gasteiger partial charge on any atom is 0.328 e. The molecule has 5 nitrogen and oxygen atoms in total. The second-order valence-electron chi connectivity index (χ2n) is 8.76. The molecule has 4 aliphatic carbocycles. The average Bonchev–Trinajstić information content (AvgIpc) is 2.78. The van der Waals surface area contributed by atoms with E-state index in [0.29, 0.717) is 0 Å². The van der Waals surface area contributed by atoms with Gasteiger partial charge in [0, 0.05) is 19.8 Å². The van der Waals surface area contributed by atoms with E-state index in [1.807, 2.05) is 18.2 Å². The lowest BCUT2D eigenvalue weighted by Crippen LogP contribution is -2.51. The third kappa shape index (κ3) is 2.14. The van der Waals surface area contributed by atoms with E-state index in [0.717, 1.165) is 53.7 Å². The van der Waals surface area contributed by atoms with Crippen molar-refractivity contribution in [2.45, 2.75) is 38.5 Å². The summed E-state index contributed by atoms with van der Waals surface area (Å²) in [6.07, 6.45) is 7.21. The van der Waals surface area contributed by atoms with E-state index >= 15 is 0 Å². The van der Waals surface area contributed by atoms with Crippen molar-refractivity contribution in [1.29, 1.82) is 0 Å². The first-order valence-corrected chi connectivity index (χ1v) is 9.42. The minimum atomic E-state index is -0.147. The Hall–Kier alpha value is -2.04. The van der Waals surface area contributed by atoms with Gasteiger partial charge in [0.05, 0.1) is 16.4 Å². The molecule has 0 atom stereocenters. The lowest BCUT2D eigenvalue weighted by atomic mass is 9.49. The SMILES string of the molecule is Cn1c(=O)n(C)c2cc(NC(=O)C34CC5CC(CC(C5)C3)C4)ccc21. The van der Waals surface area contributed by atoms with Gasteiger partial charge in [-0.25, -0.2) is 4.79 Å². The predicted molar refractivity (Wildman–Crippen MR) is 97.4 cm³/mol. The van der Waals surface area contributed by atoms with Crippen molar-refractivity contribution in [2.24, 2.45) is 37.3 Å². The third-order valence-electron chi connectivity index (χ3n) is 7.05. The zero-order valence-corrected chi connectivity index (χ0v) is 14.9. The lowest BCUT2D eigenvalue weighted by molar-refractivity contribution is -0.140. The van der Waals surface area contributed by atoms with Crippen molar-refractivity contribution in [3.63, 3.8) is 0 Å². The van der Waals surface area contributed by atoms with E-state index in [1.165, 1.54) is 19.3 Å². The molecule has 6 rings (SSSR count). The van der Waals surface area contributed by atoms with Gasteiger partial charge < -0.3 is 5.32 Å². The monoisotopic (exact) mass is 339 g/mol. The maximum absolute atomic E-state index is 13.2. The van der Waals surface area contributed by atoms with Gasteiger partial charge >= 0.3 is 5.69 Å². The number of anilines is 1. The molecule has 0 spiro atoms. The van der Waals surface area contributed by atoms with Gasteiger partial charge in [0.1, 0.15) is 0 Å². The molecule has 4 fully saturated rings. The van der Waals surface area contributed by atoms with Crippen LogP contribution in [0.3, 0.4) is 0 Å². The largest absolute Gasteiger partial charge is 0.328 e. The van der Waals surface area contributed by atoms with Crippen LogP contribution in [0, 0.1) is 23.2 Å². The summed E-state index contributed by atoms with van der Waals surface area (Å²) >= 11 is 0. The number of aromatic nitrogens is 2. The zero-order chi connectivity index (χ0) is 17.3. The van der Waals surface area contributed by atoms with Crippen LogP contribution in [0.5, 0.6) is 0 Å². The van der Waals surface area contributed by atoms with Gasteiger partial charge in [-0.3, -0.25) is 13.9 Å². The number of carbonyl (C=O) groups excluding carboxylic acids is 1. The second kappa shape index (κ2) is 4.99. The Bertz CT molecular complexity index is 901. The highest BCUT2D eigenvalue weighted by molar-refractivity contribution is 5.97. The van der Waals surface area contributed by atoms with Gasteiger partial charge in [-0.2, -0.15) is 0 Å². The van der Waals surface area contributed by atoms with Crippen LogP contribution < -0.4 is 11.0 Å². The van der Waals surface area contributed by atoms with E-state index in [9.17, 15) is 9.59 Å². The molecule has 1 N–H and O–H groups in total. The Morgan fingerprint density at radius 1 is 1.00 bits per heavy atom. The minimum Gasteiger partial charge on any atom is -0.326 e. The number of fused-ring (bicyclic) bond motifs is 1. The highest BCUT2D eigenvalue weighted by atomic mass is 16.2. The normalized spacial score (nSPS) is 33.1. The Balaban J connectivity index is 1.45. The summed E-state index contributed by atoms with van der Waals surface area (Å²) in [5.74, 6) is 2.48. The number of nitrogens with zero attached hydrogens (tertiary/aromatic N) is 2. The fourth-order valence-electron chi connectivity index (χ4n) is 6.24. The number of benzene rings is 1. The molecule has 0 saturated heterocycles.